The third kappa shape index (κ3) is 3.65. The molecule has 8 atom stereocenters. The molecule has 5 rings (SSSR count). The molecule has 7 heteroatoms. The number of fused-ring (bicyclic) bond motifs is 5. The summed E-state index contributed by atoms with van der Waals surface area (Å²) < 4.78 is 5.89. The van der Waals surface area contributed by atoms with Crippen LogP contribution >= 0.6 is 0 Å². The van der Waals surface area contributed by atoms with Gasteiger partial charge < -0.3 is 9.84 Å². The molecule has 1 aromatic rings. The largest absolute Gasteiger partial charge is 0.476 e. The van der Waals surface area contributed by atoms with Crippen molar-refractivity contribution in [3.05, 3.63) is 11.9 Å². The van der Waals surface area contributed by atoms with Crippen LogP contribution in [0.15, 0.2) is 6.20 Å². The zero-order valence-corrected chi connectivity index (χ0v) is 20.3. The number of aromatic carboxylic acids is 1. The van der Waals surface area contributed by atoms with E-state index in [0.29, 0.717) is 17.3 Å². The first-order valence-electron chi connectivity index (χ1n) is 12.9. The molecule has 1 heterocycles. The van der Waals surface area contributed by atoms with Crippen molar-refractivity contribution >= 4 is 11.8 Å². The summed E-state index contributed by atoms with van der Waals surface area (Å²) in [5.41, 5.74) is 0.255. The van der Waals surface area contributed by atoms with Crippen LogP contribution < -0.4 is 0 Å². The van der Waals surface area contributed by atoms with Gasteiger partial charge in [-0.05, 0) is 91.8 Å². The fraction of sp³-hybridized carbons (Fsp3) is 0.846. The van der Waals surface area contributed by atoms with Crippen molar-refractivity contribution < 1.29 is 19.4 Å². The quantitative estimate of drug-likeness (QED) is 0.677. The Morgan fingerprint density at radius 2 is 1.97 bits per heavy atom. The van der Waals surface area contributed by atoms with Crippen molar-refractivity contribution in [2.45, 2.75) is 78.2 Å². The van der Waals surface area contributed by atoms with Crippen molar-refractivity contribution in [1.29, 1.82) is 0 Å². The molecule has 8 unspecified atom stereocenters. The highest BCUT2D eigenvalue weighted by atomic mass is 16.5. The molecule has 4 aliphatic carbocycles. The summed E-state index contributed by atoms with van der Waals surface area (Å²) in [5.74, 6) is 2.71. The Hall–Kier alpha value is -1.76. The third-order valence-corrected chi connectivity index (χ3v) is 10.5. The summed E-state index contributed by atoms with van der Waals surface area (Å²) in [6.45, 7) is 5.75. The average Bonchev–Trinajstić information content (AvgIpc) is 3.38. The van der Waals surface area contributed by atoms with Gasteiger partial charge in [-0.3, -0.25) is 4.79 Å². The van der Waals surface area contributed by atoms with Crippen molar-refractivity contribution in [1.82, 2.24) is 15.0 Å². The summed E-state index contributed by atoms with van der Waals surface area (Å²) in [6.07, 6.45) is 12.2. The van der Waals surface area contributed by atoms with E-state index in [-0.39, 0.29) is 29.4 Å². The molecule has 0 saturated heterocycles. The molecule has 0 spiro atoms. The standard InChI is InChI=1S/C26H39N3O4/c1-16-8-11-26(15-33-3)17(12-16)4-5-18-19-6-7-21(25(19,2)10-9-20(18)26)23(30)14-29-27-13-22(28-29)24(31)32/h13,16-21H,4-12,14-15H2,1-3H3,(H,31,32). The zero-order valence-electron chi connectivity index (χ0n) is 20.3. The molecular formula is C26H39N3O4. The monoisotopic (exact) mass is 457 g/mol. The highest BCUT2D eigenvalue weighted by molar-refractivity contribution is 5.85. The van der Waals surface area contributed by atoms with Crippen molar-refractivity contribution in [3.63, 3.8) is 0 Å². The predicted molar refractivity (Wildman–Crippen MR) is 123 cm³/mol. The fourth-order valence-electron chi connectivity index (χ4n) is 9.06. The van der Waals surface area contributed by atoms with E-state index in [1.807, 2.05) is 7.11 Å². The van der Waals surface area contributed by atoms with E-state index in [1.165, 1.54) is 49.5 Å². The number of rotatable bonds is 6. The smallest absolute Gasteiger partial charge is 0.358 e. The lowest BCUT2D eigenvalue weighted by molar-refractivity contribution is -0.154. The molecule has 33 heavy (non-hydrogen) atoms. The average molecular weight is 458 g/mol. The molecule has 4 aliphatic rings. The van der Waals surface area contributed by atoms with Crippen molar-refractivity contribution in [2.24, 2.45) is 46.3 Å². The number of Topliss-reactive ketones (excluding diaryl/α,β-unsaturated/α-hetero) is 1. The summed E-state index contributed by atoms with van der Waals surface area (Å²) in [5, 5.41) is 17.1. The fourth-order valence-corrected chi connectivity index (χ4v) is 9.06. The molecule has 0 bridgehead atoms. The number of ketones is 1. The minimum atomic E-state index is -1.11. The Balaban J connectivity index is 1.35. The van der Waals surface area contributed by atoms with Gasteiger partial charge in [0.2, 0.25) is 0 Å². The van der Waals surface area contributed by atoms with Gasteiger partial charge in [0.25, 0.3) is 0 Å². The topological polar surface area (TPSA) is 94.3 Å². The van der Waals surface area contributed by atoms with E-state index in [4.69, 9.17) is 9.84 Å². The summed E-state index contributed by atoms with van der Waals surface area (Å²) in [7, 11) is 1.88. The first kappa shape index (κ1) is 23.0. The molecule has 0 aliphatic heterocycles. The highest BCUT2D eigenvalue weighted by Gasteiger charge is 2.62. The van der Waals surface area contributed by atoms with Gasteiger partial charge in [0, 0.05) is 13.0 Å². The number of ether oxygens (including phenoxy) is 1. The third-order valence-electron chi connectivity index (χ3n) is 10.5. The van der Waals surface area contributed by atoms with Gasteiger partial charge in [0.1, 0.15) is 6.54 Å². The van der Waals surface area contributed by atoms with Crippen molar-refractivity contribution in [2.75, 3.05) is 13.7 Å². The number of nitrogens with zero attached hydrogens (tertiary/aromatic N) is 3. The predicted octanol–water partition coefficient (Wildman–Crippen LogP) is 4.47. The van der Waals surface area contributed by atoms with Gasteiger partial charge >= 0.3 is 5.97 Å². The minimum absolute atomic E-state index is 0.0187. The highest BCUT2D eigenvalue weighted by Crippen LogP contribution is 2.68. The number of carboxylic acids is 1. The van der Waals surface area contributed by atoms with E-state index in [1.54, 1.807) is 0 Å². The Morgan fingerprint density at radius 1 is 1.15 bits per heavy atom. The Kier molecular flexibility index (Phi) is 5.91. The van der Waals surface area contributed by atoms with E-state index >= 15 is 0 Å². The van der Waals surface area contributed by atoms with Gasteiger partial charge in [-0.1, -0.05) is 20.3 Å². The molecule has 7 nitrogen and oxygen atoms in total. The lowest BCUT2D eigenvalue weighted by atomic mass is 9.44. The molecule has 1 aromatic heterocycles. The van der Waals surface area contributed by atoms with Gasteiger partial charge in [-0.2, -0.15) is 9.90 Å². The van der Waals surface area contributed by atoms with Crippen LogP contribution in [0.5, 0.6) is 0 Å². The maximum Gasteiger partial charge on any atom is 0.358 e. The zero-order chi connectivity index (χ0) is 23.4. The summed E-state index contributed by atoms with van der Waals surface area (Å²) in [4.78, 5) is 25.7. The lowest BCUT2D eigenvalue weighted by Crippen LogP contribution is -2.56. The molecule has 0 amide bonds. The van der Waals surface area contributed by atoms with Gasteiger partial charge in [0.15, 0.2) is 11.5 Å². The second kappa shape index (κ2) is 8.47. The summed E-state index contributed by atoms with van der Waals surface area (Å²) in [6, 6.07) is 0. The number of carbonyl (C=O) groups excluding carboxylic acids is 1. The van der Waals surface area contributed by atoms with Crippen LogP contribution in [0.2, 0.25) is 0 Å². The molecule has 182 valence electrons. The number of carboxylic acid groups (broad SMARTS) is 1. The van der Waals surface area contributed by atoms with Crippen LogP contribution in [-0.2, 0) is 16.1 Å². The van der Waals surface area contributed by atoms with Gasteiger partial charge in [-0.15, -0.1) is 5.10 Å². The van der Waals surface area contributed by atoms with E-state index in [0.717, 1.165) is 43.6 Å². The second-order valence-electron chi connectivity index (χ2n) is 11.9. The molecule has 0 radical (unpaired) electrons. The maximum absolute atomic E-state index is 13.4. The molecule has 4 saturated carbocycles. The lowest BCUT2D eigenvalue weighted by Gasteiger charge is -2.61. The molecular weight excluding hydrogens is 418 g/mol. The van der Waals surface area contributed by atoms with Crippen LogP contribution in [0.1, 0.15) is 82.1 Å². The Bertz CT molecular complexity index is 915. The van der Waals surface area contributed by atoms with Crippen LogP contribution in [0.25, 0.3) is 0 Å². The van der Waals surface area contributed by atoms with Gasteiger partial charge in [-0.25, -0.2) is 4.79 Å². The normalized spacial score (nSPS) is 42.3. The summed E-state index contributed by atoms with van der Waals surface area (Å²) >= 11 is 0. The second-order valence-corrected chi connectivity index (χ2v) is 11.9. The van der Waals surface area contributed by atoms with Crippen LogP contribution in [0, 0.1) is 46.3 Å². The van der Waals surface area contributed by atoms with E-state index in [2.05, 4.69) is 24.0 Å². The first-order chi connectivity index (χ1) is 15.8. The Labute approximate surface area is 196 Å². The number of carbonyl (C=O) groups is 2. The molecule has 0 aromatic carbocycles. The van der Waals surface area contributed by atoms with Gasteiger partial charge in [0.05, 0.1) is 12.8 Å². The first-order valence-corrected chi connectivity index (χ1v) is 12.9. The maximum atomic E-state index is 13.4. The van der Waals surface area contributed by atoms with Crippen LogP contribution in [0.3, 0.4) is 0 Å². The van der Waals surface area contributed by atoms with E-state index < -0.39 is 5.97 Å². The molecule has 1 N–H and O–H groups in total. The number of hydrogen-bond donors (Lipinski definition) is 1. The number of aromatic nitrogens is 3. The Morgan fingerprint density at radius 3 is 2.70 bits per heavy atom. The van der Waals surface area contributed by atoms with Crippen LogP contribution in [-0.4, -0.2) is 45.6 Å². The van der Waals surface area contributed by atoms with Crippen LogP contribution in [0.4, 0.5) is 0 Å². The van der Waals surface area contributed by atoms with E-state index in [9.17, 15) is 9.59 Å². The molecule has 4 fully saturated rings. The number of methoxy groups -OCH3 is 1. The minimum Gasteiger partial charge on any atom is -0.476 e. The van der Waals surface area contributed by atoms with Crippen molar-refractivity contribution in [3.8, 4) is 0 Å². The number of hydrogen-bond acceptors (Lipinski definition) is 5. The SMILES string of the molecule is COCC12CCC(C)CC1CCC1C3CCC(C(=O)Cn4ncc(C(=O)O)n4)C3(C)CCC12.